The molecule has 0 aromatic heterocycles. The van der Waals surface area contributed by atoms with E-state index in [1.165, 1.54) is 0 Å². The van der Waals surface area contributed by atoms with Gasteiger partial charge in [-0.3, -0.25) is 0 Å². The second-order valence-corrected chi connectivity index (χ2v) is 2.41. The third-order valence-corrected chi connectivity index (χ3v) is 1.66. The second kappa shape index (κ2) is 4.09. The molecule has 0 atom stereocenters. The molecule has 9 nitrogen and oxygen atoms in total. The van der Waals surface area contributed by atoms with Crippen LogP contribution in [-0.2, 0) is 0 Å². The highest BCUT2D eigenvalue weighted by Gasteiger charge is 2.17. The zero-order valence-corrected chi connectivity index (χ0v) is 7.31. The molecular formula is C6H6N8O. The molecule has 1 aromatic rings. The van der Waals surface area contributed by atoms with Gasteiger partial charge in [-0.25, -0.2) is 22.1 Å². The first-order chi connectivity index (χ1) is 7.19. The number of benzene rings is 1. The molecule has 9 heteroatoms. The molecule has 76 valence electrons. The Morgan fingerprint density at radius 3 is 1.73 bits per heavy atom. The molecule has 0 unspecified atom stereocenters. The van der Waals surface area contributed by atoms with E-state index in [9.17, 15) is 5.11 Å². The van der Waals surface area contributed by atoms with Crippen LogP contribution in [0.25, 0.3) is 0 Å². The van der Waals surface area contributed by atoms with Crippen LogP contribution in [0.2, 0.25) is 0 Å². The number of hydrogen-bond donors (Lipinski definition) is 5. The van der Waals surface area contributed by atoms with Crippen molar-refractivity contribution in [1.82, 2.24) is 0 Å². The predicted molar refractivity (Wildman–Crippen MR) is 47.3 cm³/mol. The summed E-state index contributed by atoms with van der Waals surface area (Å²) in [7, 11) is 0. The van der Waals surface area contributed by atoms with Crippen molar-refractivity contribution in [1.29, 1.82) is 22.1 Å². The summed E-state index contributed by atoms with van der Waals surface area (Å²) in [5, 5.41) is 21.4. The maximum Gasteiger partial charge on any atom is 0.157 e. The molecule has 0 saturated carbocycles. The highest BCUT2D eigenvalue weighted by Crippen LogP contribution is 2.49. The molecule has 0 fully saturated rings. The first-order valence-electron chi connectivity index (χ1n) is 3.59. The lowest BCUT2D eigenvalue weighted by Crippen LogP contribution is -1.74. The summed E-state index contributed by atoms with van der Waals surface area (Å²) in [4.78, 5) is 0. The molecule has 5 N–H and O–H groups in total. The summed E-state index contributed by atoms with van der Waals surface area (Å²) >= 11 is 0. The quantitative estimate of drug-likeness (QED) is 0.461. The van der Waals surface area contributed by atoms with E-state index in [0.29, 0.717) is 0 Å². The predicted octanol–water partition coefficient (Wildman–Crippen LogP) is 4.04. The third-order valence-electron chi connectivity index (χ3n) is 1.66. The summed E-state index contributed by atoms with van der Waals surface area (Å²) in [5.74, 6) is -0.436. The van der Waals surface area contributed by atoms with Gasteiger partial charge < -0.3 is 5.11 Å². The van der Waals surface area contributed by atoms with Gasteiger partial charge in [0.1, 0.15) is 22.8 Å². The maximum absolute atomic E-state index is 9.35. The van der Waals surface area contributed by atoms with Crippen molar-refractivity contribution in [2.75, 3.05) is 0 Å². The summed E-state index contributed by atoms with van der Waals surface area (Å²) in [6.45, 7) is 0. The fourth-order valence-electron chi connectivity index (χ4n) is 1.03. The minimum Gasteiger partial charge on any atom is -0.505 e. The molecule has 1 rings (SSSR count). The number of nitrogens with one attached hydrogen (secondary N) is 4. The molecule has 0 bridgehead atoms. The topological polar surface area (TPSA) is 165 Å². The van der Waals surface area contributed by atoms with Crippen molar-refractivity contribution < 1.29 is 5.11 Å². The van der Waals surface area contributed by atoms with Crippen molar-refractivity contribution in [3.8, 4) is 5.75 Å². The van der Waals surface area contributed by atoms with Crippen LogP contribution in [0.4, 0.5) is 22.7 Å². The van der Waals surface area contributed by atoms with E-state index < -0.39 is 5.75 Å². The molecule has 0 aliphatic heterocycles. The molecule has 0 radical (unpaired) electrons. The molecule has 1 aromatic carbocycles. The van der Waals surface area contributed by atoms with Crippen LogP contribution in [0.1, 0.15) is 0 Å². The van der Waals surface area contributed by atoms with Gasteiger partial charge in [-0.1, -0.05) is 0 Å². The highest BCUT2D eigenvalue weighted by atomic mass is 16.3. The Hall–Kier alpha value is -2.58. The number of rotatable bonds is 4. The Balaban J connectivity index is 3.73. The Kier molecular flexibility index (Phi) is 2.86. The van der Waals surface area contributed by atoms with E-state index in [1.807, 2.05) is 0 Å². The van der Waals surface area contributed by atoms with Crippen LogP contribution in [0.15, 0.2) is 26.5 Å². The molecule has 0 aliphatic rings. The molecule has 0 amide bonds. The smallest absolute Gasteiger partial charge is 0.157 e. The van der Waals surface area contributed by atoms with Crippen LogP contribution < -0.4 is 0 Å². The van der Waals surface area contributed by atoms with E-state index in [1.54, 1.807) is 0 Å². The monoisotopic (exact) mass is 206 g/mol. The van der Waals surface area contributed by atoms with Gasteiger partial charge in [0.05, 0.1) is 0 Å². The van der Waals surface area contributed by atoms with E-state index in [2.05, 4.69) is 20.5 Å². The Morgan fingerprint density at radius 1 is 0.800 bits per heavy atom. The number of aromatic hydroxyl groups is 1. The van der Waals surface area contributed by atoms with Crippen molar-refractivity contribution in [2.24, 2.45) is 20.5 Å². The van der Waals surface area contributed by atoms with Gasteiger partial charge in [-0.05, 0) is 0 Å². The summed E-state index contributed by atoms with van der Waals surface area (Å²) < 4.78 is 0. The van der Waals surface area contributed by atoms with Gasteiger partial charge in [0, 0.05) is 6.07 Å². The Labute approximate surface area is 83.2 Å². The van der Waals surface area contributed by atoms with E-state index >= 15 is 0 Å². The lowest BCUT2D eigenvalue weighted by Gasteiger charge is -2.05. The normalized spacial score (nSPS) is 9.33. The van der Waals surface area contributed by atoms with E-state index in [-0.39, 0.29) is 22.7 Å². The highest BCUT2D eigenvalue weighted by molar-refractivity contribution is 5.87. The lowest BCUT2D eigenvalue weighted by molar-refractivity contribution is 0.476. The van der Waals surface area contributed by atoms with Crippen LogP contribution in [0.3, 0.4) is 0 Å². The number of hydrogen-bond acceptors (Lipinski definition) is 9. The largest absolute Gasteiger partial charge is 0.505 e. The molecule has 0 heterocycles. The molecule has 0 saturated heterocycles. The van der Waals surface area contributed by atoms with Crippen LogP contribution in [-0.4, -0.2) is 5.11 Å². The van der Waals surface area contributed by atoms with Gasteiger partial charge in [0.2, 0.25) is 0 Å². The van der Waals surface area contributed by atoms with Crippen molar-refractivity contribution in [2.45, 2.75) is 0 Å². The maximum atomic E-state index is 9.35. The third kappa shape index (κ3) is 1.57. The SMILES string of the molecule is N=Nc1cc(O)c(N=N)c(N=N)c1N=N. The zero-order chi connectivity index (χ0) is 11.4. The summed E-state index contributed by atoms with van der Waals surface area (Å²) in [6.07, 6.45) is 0. The standard InChI is InChI=1S/C6H6N8O/c7-11-2-1-3(15)5(13-9)6(14-10)4(2)12-8/h1,7-10,15H. The molecule has 15 heavy (non-hydrogen) atoms. The van der Waals surface area contributed by atoms with Gasteiger partial charge in [0.25, 0.3) is 0 Å². The number of nitrogens with zero attached hydrogens (tertiary/aromatic N) is 4. The lowest BCUT2D eigenvalue weighted by atomic mass is 10.2. The van der Waals surface area contributed by atoms with E-state index in [0.717, 1.165) is 6.07 Å². The van der Waals surface area contributed by atoms with Crippen LogP contribution in [0.5, 0.6) is 5.75 Å². The minimum atomic E-state index is -0.436. The van der Waals surface area contributed by atoms with Gasteiger partial charge in [-0.2, -0.15) is 20.5 Å². The fraction of sp³-hybridized carbons (Fsp3) is 0. The van der Waals surface area contributed by atoms with Crippen molar-refractivity contribution >= 4 is 22.7 Å². The first kappa shape index (κ1) is 10.5. The first-order valence-corrected chi connectivity index (χ1v) is 3.59. The Bertz CT molecular complexity index is 453. The number of phenols is 1. The van der Waals surface area contributed by atoms with E-state index in [4.69, 9.17) is 22.1 Å². The van der Waals surface area contributed by atoms with Gasteiger partial charge >= 0.3 is 0 Å². The second-order valence-electron chi connectivity index (χ2n) is 2.41. The average molecular weight is 206 g/mol. The average Bonchev–Trinajstić information content (AvgIpc) is 2.27. The number of phenolic OH excluding ortho intramolecular Hbond substituents is 1. The molecular weight excluding hydrogens is 200 g/mol. The van der Waals surface area contributed by atoms with Crippen molar-refractivity contribution in [3.63, 3.8) is 0 Å². The molecule has 0 aliphatic carbocycles. The summed E-state index contributed by atoms with van der Waals surface area (Å²) in [5.41, 5.74) is 26.4. The van der Waals surface area contributed by atoms with Crippen molar-refractivity contribution in [3.05, 3.63) is 6.07 Å². The summed E-state index contributed by atoms with van der Waals surface area (Å²) in [6, 6.07) is 1.03. The van der Waals surface area contributed by atoms with Crippen LogP contribution >= 0.6 is 0 Å². The Morgan fingerprint density at radius 2 is 1.33 bits per heavy atom. The van der Waals surface area contributed by atoms with Gasteiger partial charge in [-0.15, -0.1) is 0 Å². The van der Waals surface area contributed by atoms with Gasteiger partial charge in [0.15, 0.2) is 5.69 Å². The fourth-order valence-corrected chi connectivity index (χ4v) is 1.03. The van der Waals surface area contributed by atoms with Crippen LogP contribution in [0, 0.1) is 22.1 Å². The molecule has 0 spiro atoms. The minimum absolute atomic E-state index is 0.110. The zero-order valence-electron chi connectivity index (χ0n) is 7.31.